The van der Waals surface area contributed by atoms with Crippen LogP contribution in [0.4, 0.5) is 4.79 Å². The Morgan fingerprint density at radius 2 is 2.04 bits per heavy atom. The molecule has 6 heteroatoms. The van der Waals surface area contributed by atoms with Gasteiger partial charge >= 0.3 is 6.09 Å². The van der Waals surface area contributed by atoms with Crippen molar-refractivity contribution in [2.24, 2.45) is 7.05 Å². The van der Waals surface area contributed by atoms with Gasteiger partial charge in [0.25, 0.3) is 0 Å². The number of nitrogens with one attached hydrogen (secondary N) is 2. The van der Waals surface area contributed by atoms with E-state index in [2.05, 4.69) is 35.8 Å². The molecule has 1 saturated carbocycles. The lowest BCUT2D eigenvalue weighted by Crippen LogP contribution is -2.47. The van der Waals surface area contributed by atoms with Crippen molar-refractivity contribution >= 4 is 6.09 Å². The first-order valence-corrected chi connectivity index (χ1v) is 8.91. The molecule has 0 radical (unpaired) electrons. The third kappa shape index (κ3) is 5.23. The summed E-state index contributed by atoms with van der Waals surface area (Å²) >= 11 is 0. The topological polar surface area (TPSA) is 68.2 Å². The quantitative estimate of drug-likeness (QED) is 0.867. The normalized spacial score (nSPS) is 21.3. The fourth-order valence-corrected chi connectivity index (χ4v) is 3.25. The van der Waals surface area contributed by atoms with Gasteiger partial charge < -0.3 is 15.4 Å². The van der Waals surface area contributed by atoms with E-state index in [0.717, 1.165) is 31.5 Å². The Labute approximate surface area is 145 Å². The molecule has 1 aromatic rings. The Balaban J connectivity index is 1.91. The fraction of sp³-hybridized carbons (Fsp3) is 0.778. The number of ether oxygens (including phenoxy) is 1. The van der Waals surface area contributed by atoms with Crippen molar-refractivity contribution in [1.29, 1.82) is 0 Å². The predicted octanol–water partition coefficient (Wildman–Crippen LogP) is 3.08. The molecule has 136 valence electrons. The van der Waals surface area contributed by atoms with Gasteiger partial charge in [0.15, 0.2) is 0 Å². The molecule has 1 aromatic heterocycles. The number of carbonyl (C=O) groups excluding carboxylic acids is 1. The third-order valence-electron chi connectivity index (χ3n) is 4.26. The second kappa shape index (κ2) is 7.55. The van der Waals surface area contributed by atoms with Crippen LogP contribution >= 0.6 is 0 Å². The van der Waals surface area contributed by atoms with Crippen molar-refractivity contribution in [3.8, 4) is 0 Å². The average Bonchev–Trinajstić information content (AvgIpc) is 3.00. The molecule has 0 aromatic carbocycles. The highest BCUT2D eigenvalue weighted by Crippen LogP contribution is 2.22. The Morgan fingerprint density at radius 3 is 2.67 bits per heavy atom. The van der Waals surface area contributed by atoms with Crippen LogP contribution in [-0.4, -0.2) is 33.6 Å². The van der Waals surface area contributed by atoms with Gasteiger partial charge in [0, 0.05) is 37.4 Å². The van der Waals surface area contributed by atoms with Gasteiger partial charge in [0.05, 0.1) is 5.69 Å². The molecule has 24 heavy (non-hydrogen) atoms. The molecule has 0 spiro atoms. The lowest BCUT2D eigenvalue weighted by molar-refractivity contribution is 0.0498. The summed E-state index contributed by atoms with van der Waals surface area (Å²) in [4.78, 5) is 12.0. The Bertz CT molecular complexity index is 560. The zero-order chi connectivity index (χ0) is 17.9. The van der Waals surface area contributed by atoms with Crippen LogP contribution in [0.2, 0.25) is 0 Å². The van der Waals surface area contributed by atoms with E-state index in [1.54, 1.807) is 0 Å². The van der Waals surface area contributed by atoms with Crippen LogP contribution in [0.1, 0.15) is 71.1 Å². The highest BCUT2D eigenvalue weighted by Gasteiger charge is 2.30. The molecule has 0 saturated heterocycles. The average molecular weight is 336 g/mol. The van der Waals surface area contributed by atoms with Crippen molar-refractivity contribution in [3.05, 3.63) is 17.5 Å². The molecular weight excluding hydrogens is 304 g/mol. The van der Waals surface area contributed by atoms with Crippen LogP contribution in [0.3, 0.4) is 0 Å². The summed E-state index contributed by atoms with van der Waals surface area (Å²) in [6.07, 6.45) is 4.92. The lowest BCUT2D eigenvalue weighted by Gasteiger charge is -2.25. The molecule has 1 aliphatic carbocycles. The second-order valence-corrected chi connectivity index (χ2v) is 8.04. The van der Waals surface area contributed by atoms with Gasteiger partial charge in [-0.15, -0.1) is 0 Å². The van der Waals surface area contributed by atoms with Gasteiger partial charge in [-0.25, -0.2) is 4.79 Å². The summed E-state index contributed by atoms with van der Waals surface area (Å²) in [6, 6.07) is 0.400. The van der Waals surface area contributed by atoms with Gasteiger partial charge in [-0.1, -0.05) is 13.8 Å². The van der Waals surface area contributed by atoms with E-state index in [0.29, 0.717) is 5.92 Å². The standard InChI is InChI=1S/C18H32N4O2/c1-12(2)16-13(11-22(6)21-16)10-19-14-8-7-9-15(14)20-17(23)24-18(3,4)5/h11-12,14-15,19H,7-10H2,1-6H3,(H,20,23). The highest BCUT2D eigenvalue weighted by molar-refractivity contribution is 5.68. The summed E-state index contributed by atoms with van der Waals surface area (Å²) in [6.45, 7) is 10.7. The number of rotatable bonds is 5. The number of amides is 1. The number of hydrogen-bond acceptors (Lipinski definition) is 4. The van der Waals surface area contributed by atoms with Crippen LogP contribution < -0.4 is 10.6 Å². The van der Waals surface area contributed by atoms with Crippen LogP contribution in [0, 0.1) is 0 Å². The van der Waals surface area contributed by atoms with Crippen LogP contribution in [0.5, 0.6) is 0 Å². The maximum atomic E-state index is 12.0. The molecule has 1 aliphatic rings. The first kappa shape index (κ1) is 18.8. The first-order valence-electron chi connectivity index (χ1n) is 8.91. The molecule has 1 amide bonds. The first-order chi connectivity index (χ1) is 11.2. The second-order valence-electron chi connectivity index (χ2n) is 8.04. The van der Waals surface area contributed by atoms with E-state index in [4.69, 9.17) is 4.74 Å². The minimum atomic E-state index is -0.465. The monoisotopic (exact) mass is 336 g/mol. The van der Waals surface area contributed by atoms with Crippen LogP contribution in [-0.2, 0) is 18.3 Å². The highest BCUT2D eigenvalue weighted by atomic mass is 16.6. The van der Waals surface area contributed by atoms with Gasteiger partial charge in [0.2, 0.25) is 0 Å². The number of alkyl carbamates (subject to hydrolysis) is 1. The SMILES string of the molecule is CC(C)c1nn(C)cc1CNC1CCCC1NC(=O)OC(C)(C)C. The molecule has 1 heterocycles. The van der Waals surface area contributed by atoms with E-state index in [1.807, 2.05) is 32.5 Å². The minimum Gasteiger partial charge on any atom is -0.444 e. The molecular formula is C18H32N4O2. The fourth-order valence-electron chi connectivity index (χ4n) is 3.25. The van der Waals surface area contributed by atoms with Crippen molar-refractivity contribution in [2.75, 3.05) is 0 Å². The summed E-state index contributed by atoms with van der Waals surface area (Å²) in [5.41, 5.74) is 1.91. The summed E-state index contributed by atoms with van der Waals surface area (Å²) in [5.74, 6) is 0.405. The number of carbonyl (C=O) groups is 1. The maximum Gasteiger partial charge on any atom is 0.407 e. The van der Waals surface area contributed by atoms with Gasteiger partial charge in [-0.3, -0.25) is 4.68 Å². The van der Waals surface area contributed by atoms with Crippen molar-refractivity contribution < 1.29 is 9.53 Å². The third-order valence-corrected chi connectivity index (χ3v) is 4.26. The van der Waals surface area contributed by atoms with Gasteiger partial charge in [-0.2, -0.15) is 5.10 Å². The maximum absolute atomic E-state index is 12.0. The zero-order valence-corrected chi connectivity index (χ0v) is 15.8. The van der Waals surface area contributed by atoms with E-state index < -0.39 is 5.60 Å². The summed E-state index contributed by atoms with van der Waals surface area (Å²) in [5, 5.41) is 11.2. The molecule has 2 unspecified atom stereocenters. The molecule has 1 fully saturated rings. The van der Waals surface area contributed by atoms with E-state index in [-0.39, 0.29) is 18.2 Å². The number of aromatic nitrogens is 2. The summed E-state index contributed by atoms with van der Waals surface area (Å²) in [7, 11) is 1.96. The lowest BCUT2D eigenvalue weighted by atomic mass is 10.1. The predicted molar refractivity (Wildman–Crippen MR) is 94.9 cm³/mol. The Morgan fingerprint density at radius 1 is 1.38 bits per heavy atom. The molecule has 2 rings (SSSR count). The molecule has 6 nitrogen and oxygen atoms in total. The van der Waals surface area contributed by atoms with E-state index in [9.17, 15) is 4.79 Å². The number of hydrogen-bond donors (Lipinski definition) is 2. The summed E-state index contributed by atoms with van der Waals surface area (Å²) < 4.78 is 7.25. The minimum absolute atomic E-state index is 0.124. The Kier molecular flexibility index (Phi) is 5.91. The van der Waals surface area contributed by atoms with Crippen LogP contribution in [0.15, 0.2) is 6.20 Å². The van der Waals surface area contributed by atoms with Crippen molar-refractivity contribution in [2.45, 2.75) is 84.0 Å². The zero-order valence-electron chi connectivity index (χ0n) is 15.8. The Hall–Kier alpha value is -1.56. The van der Waals surface area contributed by atoms with Crippen LogP contribution in [0.25, 0.3) is 0 Å². The molecule has 2 atom stereocenters. The largest absolute Gasteiger partial charge is 0.444 e. The van der Waals surface area contributed by atoms with Crippen molar-refractivity contribution in [3.63, 3.8) is 0 Å². The number of nitrogens with zero attached hydrogens (tertiary/aromatic N) is 2. The van der Waals surface area contributed by atoms with Gasteiger partial charge in [0.1, 0.15) is 5.60 Å². The smallest absolute Gasteiger partial charge is 0.407 e. The molecule has 2 N–H and O–H groups in total. The molecule has 0 bridgehead atoms. The van der Waals surface area contributed by atoms with Crippen molar-refractivity contribution in [1.82, 2.24) is 20.4 Å². The number of aryl methyl sites for hydroxylation is 1. The van der Waals surface area contributed by atoms with Gasteiger partial charge in [-0.05, 0) is 46.0 Å². The molecule has 0 aliphatic heterocycles. The van der Waals surface area contributed by atoms with E-state index in [1.165, 1.54) is 5.56 Å². The van der Waals surface area contributed by atoms with E-state index >= 15 is 0 Å².